The zero-order chi connectivity index (χ0) is 14.8. The molecule has 0 aliphatic rings. The van der Waals surface area contributed by atoms with Gasteiger partial charge in [-0.25, -0.2) is 4.98 Å². The van der Waals surface area contributed by atoms with E-state index < -0.39 is 0 Å². The van der Waals surface area contributed by atoms with E-state index in [4.69, 9.17) is 20.8 Å². The van der Waals surface area contributed by atoms with Crippen molar-refractivity contribution in [3.8, 4) is 5.75 Å². The molecule has 1 atom stereocenters. The van der Waals surface area contributed by atoms with Gasteiger partial charge in [-0.3, -0.25) is 0 Å². The number of ether oxygens (including phenoxy) is 1. The lowest BCUT2D eigenvalue weighted by Crippen LogP contribution is -1.97. The maximum Gasteiger partial charge on any atom is 0.197 e. The fraction of sp³-hybridized carbons (Fsp3) is 0.188. The Morgan fingerprint density at radius 3 is 2.81 bits per heavy atom. The van der Waals surface area contributed by atoms with Crippen molar-refractivity contribution in [1.29, 1.82) is 0 Å². The van der Waals surface area contributed by atoms with Crippen LogP contribution >= 0.6 is 27.5 Å². The molecule has 1 unspecified atom stereocenters. The number of alkyl halides is 1. The van der Waals surface area contributed by atoms with Crippen LogP contribution < -0.4 is 4.74 Å². The number of fused-ring (bicyclic) bond motifs is 1. The molecule has 1 aromatic heterocycles. The monoisotopic (exact) mass is 365 g/mol. The van der Waals surface area contributed by atoms with Crippen LogP contribution in [0.15, 0.2) is 51.4 Å². The van der Waals surface area contributed by atoms with Crippen LogP contribution in [-0.4, -0.2) is 12.1 Å². The summed E-state index contributed by atoms with van der Waals surface area (Å²) < 4.78 is 11.8. The van der Waals surface area contributed by atoms with Crippen LogP contribution in [0.25, 0.3) is 11.1 Å². The van der Waals surface area contributed by atoms with Crippen molar-refractivity contribution in [2.45, 2.75) is 11.8 Å². The van der Waals surface area contributed by atoms with Crippen LogP contribution in [0.4, 0.5) is 0 Å². The van der Waals surface area contributed by atoms with Gasteiger partial charge in [-0.1, -0.05) is 18.2 Å². The zero-order valence-electron chi connectivity index (χ0n) is 11.3. The molecule has 0 amide bonds. The molecule has 0 N–H and O–H groups in total. The highest BCUT2D eigenvalue weighted by Gasteiger charge is 2.15. The fourth-order valence-corrected chi connectivity index (χ4v) is 2.98. The molecule has 3 rings (SSSR count). The first-order chi connectivity index (χ1) is 10.2. The van der Waals surface area contributed by atoms with Gasteiger partial charge in [0.2, 0.25) is 0 Å². The molecule has 108 valence electrons. The molecule has 3 nitrogen and oxygen atoms in total. The number of hydrogen-bond donors (Lipinski definition) is 0. The Bertz CT molecular complexity index is 739. The first-order valence-electron chi connectivity index (χ1n) is 6.49. The van der Waals surface area contributed by atoms with E-state index in [1.807, 2.05) is 42.5 Å². The number of oxazole rings is 1. The van der Waals surface area contributed by atoms with Gasteiger partial charge in [-0.2, -0.15) is 0 Å². The topological polar surface area (TPSA) is 35.3 Å². The van der Waals surface area contributed by atoms with Crippen LogP contribution in [0.1, 0.15) is 16.8 Å². The number of benzene rings is 2. The number of hydrogen-bond acceptors (Lipinski definition) is 3. The van der Waals surface area contributed by atoms with Gasteiger partial charge in [0.25, 0.3) is 0 Å². The van der Waals surface area contributed by atoms with Gasteiger partial charge in [0.15, 0.2) is 11.5 Å². The van der Waals surface area contributed by atoms with Crippen molar-refractivity contribution in [2.75, 3.05) is 7.11 Å². The Balaban J connectivity index is 1.82. The highest BCUT2D eigenvalue weighted by molar-refractivity contribution is 9.10. The first-order valence-corrected chi connectivity index (χ1v) is 7.72. The second-order valence-electron chi connectivity index (χ2n) is 4.64. The van der Waals surface area contributed by atoms with Crippen molar-refractivity contribution in [3.63, 3.8) is 0 Å². The summed E-state index contributed by atoms with van der Waals surface area (Å²) in [5.41, 5.74) is 2.63. The largest absolute Gasteiger partial charge is 0.496 e. The third kappa shape index (κ3) is 3.06. The molecule has 21 heavy (non-hydrogen) atoms. The summed E-state index contributed by atoms with van der Waals surface area (Å²) in [6.45, 7) is 0. The zero-order valence-corrected chi connectivity index (χ0v) is 13.7. The Hall–Kier alpha value is -1.52. The van der Waals surface area contributed by atoms with E-state index in [1.54, 1.807) is 7.11 Å². The van der Waals surface area contributed by atoms with Crippen LogP contribution in [0.3, 0.4) is 0 Å². The summed E-state index contributed by atoms with van der Waals surface area (Å²) in [4.78, 5) is 4.45. The SMILES string of the molecule is COc1ccc(C(Cl)Cc2nc3ccccc3o2)cc1Br. The molecule has 0 saturated carbocycles. The average Bonchev–Trinajstić information content (AvgIpc) is 2.89. The summed E-state index contributed by atoms with van der Waals surface area (Å²) in [6, 6.07) is 13.5. The molecule has 2 aromatic carbocycles. The molecule has 0 saturated heterocycles. The predicted molar refractivity (Wildman–Crippen MR) is 87.0 cm³/mol. The van der Waals surface area contributed by atoms with Crippen molar-refractivity contribution in [3.05, 3.63) is 58.4 Å². The van der Waals surface area contributed by atoms with E-state index in [9.17, 15) is 0 Å². The van der Waals surface area contributed by atoms with E-state index >= 15 is 0 Å². The predicted octanol–water partition coefficient (Wildman–Crippen LogP) is 5.12. The standard InChI is InChI=1S/C16H13BrClNO2/c1-20-14-7-6-10(8-11(14)17)12(18)9-16-19-13-4-2-3-5-15(13)21-16/h2-8,12H,9H2,1H3. The van der Waals surface area contributed by atoms with Gasteiger partial charge >= 0.3 is 0 Å². The second kappa shape index (κ2) is 6.08. The number of para-hydroxylation sites is 2. The van der Waals surface area contributed by atoms with Crippen molar-refractivity contribution >= 4 is 38.6 Å². The molecule has 0 aliphatic carbocycles. The van der Waals surface area contributed by atoms with Crippen LogP contribution in [0.2, 0.25) is 0 Å². The normalized spacial score (nSPS) is 12.5. The van der Waals surface area contributed by atoms with Crippen molar-refractivity contribution < 1.29 is 9.15 Å². The molecule has 0 spiro atoms. The maximum atomic E-state index is 6.47. The second-order valence-corrected chi connectivity index (χ2v) is 6.02. The van der Waals surface area contributed by atoms with E-state index in [1.165, 1.54) is 0 Å². The first kappa shape index (κ1) is 14.4. The Morgan fingerprint density at radius 1 is 1.29 bits per heavy atom. The quantitative estimate of drug-likeness (QED) is 0.601. The van der Waals surface area contributed by atoms with E-state index in [0.29, 0.717) is 12.3 Å². The molecule has 0 bridgehead atoms. The lowest BCUT2D eigenvalue weighted by Gasteiger charge is -2.10. The molecular formula is C16H13BrClNO2. The third-order valence-electron chi connectivity index (χ3n) is 3.23. The van der Waals surface area contributed by atoms with Gasteiger partial charge in [-0.15, -0.1) is 11.6 Å². The molecule has 0 fully saturated rings. The molecule has 0 radical (unpaired) electrons. The Morgan fingerprint density at radius 2 is 2.10 bits per heavy atom. The number of methoxy groups -OCH3 is 1. The summed E-state index contributed by atoms with van der Waals surface area (Å²) in [7, 11) is 1.64. The number of halogens is 2. The number of aromatic nitrogens is 1. The minimum atomic E-state index is -0.208. The highest BCUT2D eigenvalue weighted by Crippen LogP contribution is 2.32. The van der Waals surface area contributed by atoms with Gasteiger partial charge in [0, 0.05) is 6.42 Å². The summed E-state index contributed by atoms with van der Waals surface area (Å²) >= 11 is 9.94. The summed E-state index contributed by atoms with van der Waals surface area (Å²) in [5.74, 6) is 1.42. The Kier molecular flexibility index (Phi) is 4.17. The maximum absolute atomic E-state index is 6.47. The average molecular weight is 367 g/mol. The van der Waals surface area contributed by atoms with Crippen LogP contribution in [-0.2, 0) is 6.42 Å². The smallest absolute Gasteiger partial charge is 0.197 e. The minimum absolute atomic E-state index is 0.208. The molecular weight excluding hydrogens is 354 g/mol. The Labute approximate surface area is 136 Å². The number of nitrogens with zero attached hydrogens (tertiary/aromatic N) is 1. The van der Waals surface area contributed by atoms with Gasteiger partial charge in [0.1, 0.15) is 11.3 Å². The van der Waals surface area contributed by atoms with Crippen LogP contribution in [0.5, 0.6) is 5.75 Å². The van der Waals surface area contributed by atoms with Crippen molar-refractivity contribution in [2.24, 2.45) is 0 Å². The summed E-state index contributed by atoms with van der Waals surface area (Å²) in [6.07, 6.45) is 0.537. The minimum Gasteiger partial charge on any atom is -0.496 e. The third-order valence-corrected chi connectivity index (χ3v) is 4.26. The van der Waals surface area contributed by atoms with Crippen LogP contribution in [0, 0.1) is 0 Å². The number of rotatable bonds is 4. The molecule has 3 aromatic rings. The van der Waals surface area contributed by atoms with Gasteiger partial charge in [0.05, 0.1) is 17.0 Å². The molecule has 1 heterocycles. The van der Waals surface area contributed by atoms with Gasteiger partial charge < -0.3 is 9.15 Å². The lowest BCUT2D eigenvalue weighted by molar-refractivity contribution is 0.412. The van der Waals surface area contributed by atoms with E-state index in [-0.39, 0.29) is 5.38 Å². The van der Waals surface area contributed by atoms with Crippen molar-refractivity contribution in [1.82, 2.24) is 4.98 Å². The highest BCUT2D eigenvalue weighted by atomic mass is 79.9. The molecule has 5 heteroatoms. The summed E-state index contributed by atoms with van der Waals surface area (Å²) in [5, 5.41) is -0.208. The van der Waals surface area contributed by atoms with E-state index in [0.717, 1.165) is 26.9 Å². The fourth-order valence-electron chi connectivity index (χ4n) is 2.16. The van der Waals surface area contributed by atoms with E-state index in [2.05, 4.69) is 20.9 Å². The lowest BCUT2D eigenvalue weighted by atomic mass is 10.1. The molecule has 0 aliphatic heterocycles. The van der Waals surface area contributed by atoms with Gasteiger partial charge in [-0.05, 0) is 45.8 Å².